The van der Waals surface area contributed by atoms with Crippen LogP contribution in [0, 0.1) is 5.41 Å². The summed E-state index contributed by atoms with van der Waals surface area (Å²) in [6, 6.07) is 6.64. The molecule has 0 bridgehead atoms. The maximum atomic E-state index is 13.1. The first kappa shape index (κ1) is 36.1. The van der Waals surface area contributed by atoms with E-state index in [9.17, 15) is 19.5 Å². The fraction of sp³-hybridized carbons (Fsp3) is 0.727. The van der Waals surface area contributed by atoms with E-state index in [2.05, 4.69) is 12.2 Å². The largest absolute Gasteiger partial charge is 0.478 e. The highest BCUT2D eigenvalue weighted by Gasteiger charge is 2.35. The third-order valence-electron chi connectivity index (χ3n) is 7.24. The molecular weight excluding hydrogens is 526 g/mol. The summed E-state index contributed by atoms with van der Waals surface area (Å²) in [6.07, 6.45) is 13.4. The van der Waals surface area contributed by atoms with Gasteiger partial charge in [0.25, 0.3) is 0 Å². The van der Waals surface area contributed by atoms with Crippen molar-refractivity contribution in [3.8, 4) is 0 Å². The van der Waals surface area contributed by atoms with Gasteiger partial charge in [-0.1, -0.05) is 110 Å². The van der Waals surface area contributed by atoms with E-state index in [1.54, 1.807) is 32.9 Å². The fourth-order valence-corrected chi connectivity index (χ4v) is 5.31. The van der Waals surface area contributed by atoms with Crippen molar-refractivity contribution in [2.45, 2.75) is 149 Å². The van der Waals surface area contributed by atoms with E-state index in [0.29, 0.717) is 19.3 Å². The van der Waals surface area contributed by atoms with Crippen LogP contribution in [0.4, 0.5) is 0 Å². The molecule has 0 aliphatic heterocycles. The summed E-state index contributed by atoms with van der Waals surface area (Å²) in [4.78, 5) is 37.6. The number of carboxylic acid groups (broad SMARTS) is 1. The van der Waals surface area contributed by atoms with Gasteiger partial charge in [-0.3, -0.25) is 9.59 Å². The van der Waals surface area contributed by atoms with Gasteiger partial charge < -0.3 is 15.2 Å². The minimum Gasteiger partial charge on any atom is -0.478 e. The lowest BCUT2D eigenvalue weighted by atomic mass is 9.88. The zero-order valence-electron chi connectivity index (χ0n) is 25.8. The molecule has 0 saturated heterocycles. The van der Waals surface area contributed by atoms with Crippen LogP contribution in [-0.4, -0.2) is 46.4 Å². The number of hydrogen-bond donors (Lipinski definition) is 2. The van der Waals surface area contributed by atoms with Gasteiger partial charge in [0.05, 0.1) is 23.8 Å². The number of halogens is 1. The van der Waals surface area contributed by atoms with E-state index < -0.39 is 22.7 Å². The van der Waals surface area contributed by atoms with Gasteiger partial charge in [-0.05, 0) is 44.7 Å². The highest BCUT2D eigenvalue weighted by Crippen LogP contribution is 2.23. The zero-order valence-corrected chi connectivity index (χ0v) is 26.5. The molecule has 3 unspecified atom stereocenters. The lowest BCUT2D eigenvalue weighted by molar-refractivity contribution is -0.133. The number of aryl methyl sites for hydroxylation is 1. The Hall–Kier alpha value is -1.92. The summed E-state index contributed by atoms with van der Waals surface area (Å²) < 4.78 is 6.30. The molecule has 6 nitrogen and oxygen atoms in total. The zero-order chi connectivity index (χ0) is 30.1. The number of aromatic carboxylic acids is 1. The third-order valence-corrected chi connectivity index (χ3v) is 7.63. The van der Waals surface area contributed by atoms with Crippen molar-refractivity contribution in [1.82, 2.24) is 5.32 Å². The van der Waals surface area contributed by atoms with Crippen LogP contribution in [0.25, 0.3) is 0 Å². The molecule has 0 heterocycles. The van der Waals surface area contributed by atoms with Gasteiger partial charge in [-0.2, -0.15) is 0 Å². The predicted octanol–water partition coefficient (Wildman–Crippen LogP) is 8.13. The molecule has 40 heavy (non-hydrogen) atoms. The van der Waals surface area contributed by atoms with Crippen LogP contribution in [0.2, 0.25) is 0 Å². The summed E-state index contributed by atoms with van der Waals surface area (Å²) in [6.45, 7) is 11.4. The quantitative estimate of drug-likeness (QED) is 0.0871. The van der Waals surface area contributed by atoms with Crippen LogP contribution in [0.5, 0.6) is 0 Å². The van der Waals surface area contributed by atoms with E-state index >= 15 is 0 Å². The van der Waals surface area contributed by atoms with Crippen LogP contribution in [0.3, 0.4) is 0 Å². The number of amides is 1. The minimum atomic E-state index is -1.28. The Morgan fingerprint density at radius 1 is 0.900 bits per heavy atom. The topological polar surface area (TPSA) is 92.7 Å². The van der Waals surface area contributed by atoms with Crippen molar-refractivity contribution < 1.29 is 24.2 Å². The van der Waals surface area contributed by atoms with Crippen molar-refractivity contribution >= 4 is 29.3 Å². The number of rotatable bonds is 21. The number of ketones is 1. The number of carboxylic acids is 1. The third kappa shape index (κ3) is 14.1. The van der Waals surface area contributed by atoms with Crippen molar-refractivity contribution in [2.75, 3.05) is 0 Å². The highest BCUT2D eigenvalue weighted by atomic mass is 35.5. The molecule has 1 aromatic carbocycles. The number of ether oxygens (including phenoxy) is 1. The SMILES string of the molecule is CCCCCCCCCCCCC(NC(=O)C(Cl)C(=O)C(C)(C)C)C(CCc1ccccc1C(=O)O)OC(C)C. The van der Waals surface area contributed by atoms with Crippen molar-refractivity contribution in [3.05, 3.63) is 35.4 Å². The molecule has 0 saturated carbocycles. The Morgan fingerprint density at radius 2 is 1.45 bits per heavy atom. The number of unbranched alkanes of at least 4 members (excludes halogenated alkanes) is 9. The van der Waals surface area contributed by atoms with Crippen LogP contribution in [0.15, 0.2) is 24.3 Å². The maximum absolute atomic E-state index is 13.1. The van der Waals surface area contributed by atoms with E-state index in [1.807, 2.05) is 26.0 Å². The molecule has 7 heteroatoms. The normalized spacial score (nSPS) is 14.1. The first-order chi connectivity index (χ1) is 18.9. The van der Waals surface area contributed by atoms with Gasteiger partial charge in [0.2, 0.25) is 5.91 Å². The molecule has 0 spiro atoms. The Kier molecular flexibility index (Phi) is 17.4. The standard InChI is InChI=1S/C33H54ClNO5/c1-7-8-9-10-11-12-13-14-15-16-21-27(35-31(37)29(34)30(36)33(4,5)6)28(40-24(2)3)23-22-25-19-17-18-20-26(25)32(38)39/h17-20,24,27-29H,7-16,21-23H2,1-6H3,(H,35,37)(H,38,39). The molecule has 0 aliphatic rings. The average Bonchev–Trinajstić information content (AvgIpc) is 2.89. The lowest BCUT2D eigenvalue weighted by Gasteiger charge is -2.31. The van der Waals surface area contributed by atoms with E-state index in [-0.39, 0.29) is 29.6 Å². The lowest BCUT2D eigenvalue weighted by Crippen LogP contribution is -2.50. The molecule has 3 atom stereocenters. The summed E-state index contributed by atoms with van der Waals surface area (Å²) in [5, 5.41) is 11.4. The fourth-order valence-electron chi connectivity index (χ4n) is 4.92. The van der Waals surface area contributed by atoms with Crippen LogP contribution < -0.4 is 5.32 Å². The molecule has 228 valence electrons. The van der Waals surface area contributed by atoms with Crippen LogP contribution >= 0.6 is 11.6 Å². The van der Waals surface area contributed by atoms with Crippen LogP contribution in [0.1, 0.15) is 135 Å². The average molecular weight is 580 g/mol. The van der Waals surface area contributed by atoms with Gasteiger partial charge in [0, 0.05) is 5.41 Å². The molecule has 1 rings (SSSR count). The summed E-state index contributed by atoms with van der Waals surface area (Å²) >= 11 is 6.35. The summed E-state index contributed by atoms with van der Waals surface area (Å²) in [7, 11) is 0. The van der Waals surface area contributed by atoms with Crippen molar-refractivity contribution in [1.29, 1.82) is 0 Å². The molecular formula is C33H54ClNO5. The van der Waals surface area contributed by atoms with Crippen LogP contribution in [-0.2, 0) is 20.7 Å². The van der Waals surface area contributed by atoms with Gasteiger partial charge in [-0.15, -0.1) is 11.6 Å². The first-order valence-corrected chi connectivity index (χ1v) is 15.8. The van der Waals surface area contributed by atoms with Crippen molar-refractivity contribution in [3.63, 3.8) is 0 Å². The number of carbonyl (C=O) groups excluding carboxylic acids is 2. The second-order valence-corrected chi connectivity index (χ2v) is 12.7. The number of benzene rings is 1. The highest BCUT2D eigenvalue weighted by molar-refractivity contribution is 6.42. The first-order valence-electron chi connectivity index (χ1n) is 15.3. The predicted molar refractivity (Wildman–Crippen MR) is 164 cm³/mol. The molecule has 0 aromatic heterocycles. The molecule has 2 N–H and O–H groups in total. The maximum Gasteiger partial charge on any atom is 0.335 e. The van der Waals surface area contributed by atoms with E-state index in [0.717, 1.165) is 24.8 Å². The van der Waals surface area contributed by atoms with Gasteiger partial charge >= 0.3 is 5.97 Å². The van der Waals surface area contributed by atoms with E-state index in [1.165, 1.54) is 44.9 Å². The summed E-state index contributed by atoms with van der Waals surface area (Å²) in [5.74, 6) is -1.78. The molecule has 0 fully saturated rings. The Bertz CT molecular complexity index is 895. The molecule has 1 amide bonds. The molecule has 0 aliphatic carbocycles. The number of Topliss-reactive ketones (excluding diaryl/α,β-unsaturated/α-hetero) is 1. The molecule has 0 radical (unpaired) electrons. The van der Waals surface area contributed by atoms with E-state index in [4.69, 9.17) is 16.3 Å². The molecule has 1 aromatic rings. The van der Waals surface area contributed by atoms with Gasteiger partial charge in [0.15, 0.2) is 11.2 Å². The number of carbonyl (C=O) groups is 3. The minimum absolute atomic E-state index is 0.0881. The van der Waals surface area contributed by atoms with Gasteiger partial charge in [-0.25, -0.2) is 4.79 Å². The van der Waals surface area contributed by atoms with Gasteiger partial charge in [0.1, 0.15) is 0 Å². The second kappa shape index (κ2) is 19.2. The van der Waals surface area contributed by atoms with Crippen molar-refractivity contribution in [2.24, 2.45) is 5.41 Å². The number of alkyl halides is 1. The number of nitrogens with one attached hydrogen (secondary N) is 1. The monoisotopic (exact) mass is 579 g/mol. The summed E-state index contributed by atoms with van der Waals surface area (Å²) in [5.41, 5.74) is 0.275. The second-order valence-electron chi connectivity index (χ2n) is 12.3. The number of hydrogen-bond acceptors (Lipinski definition) is 4. The Labute approximate surface area is 248 Å². The Morgan fingerprint density at radius 3 is 1.98 bits per heavy atom. The Balaban J connectivity index is 2.92. The smallest absolute Gasteiger partial charge is 0.335 e.